The van der Waals surface area contributed by atoms with Crippen LogP contribution in [0.3, 0.4) is 0 Å². The van der Waals surface area contributed by atoms with E-state index < -0.39 is 0 Å². The van der Waals surface area contributed by atoms with Gasteiger partial charge >= 0.3 is 0 Å². The lowest BCUT2D eigenvalue weighted by molar-refractivity contribution is 0.0506. The van der Waals surface area contributed by atoms with Crippen LogP contribution in [0.5, 0.6) is 5.75 Å². The van der Waals surface area contributed by atoms with Gasteiger partial charge in [-0.05, 0) is 50.3 Å². The van der Waals surface area contributed by atoms with Gasteiger partial charge in [-0.2, -0.15) is 0 Å². The fourth-order valence-corrected chi connectivity index (χ4v) is 3.08. The molecule has 3 heteroatoms. The number of hydrogen-bond donors (Lipinski definition) is 0. The van der Waals surface area contributed by atoms with Gasteiger partial charge < -0.3 is 9.47 Å². The molecule has 0 N–H and O–H groups in total. The van der Waals surface area contributed by atoms with Gasteiger partial charge in [-0.25, -0.2) is 0 Å². The van der Waals surface area contributed by atoms with Crippen molar-refractivity contribution in [3.63, 3.8) is 0 Å². The van der Waals surface area contributed by atoms with Gasteiger partial charge in [-0.15, -0.1) is 0 Å². The van der Waals surface area contributed by atoms with Gasteiger partial charge in [-0.1, -0.05) is 72.8 Å². The maximum atomic E-state index is 5.49. The normalized spacial score (nSPS) is 11.0. The molecule has 0 unspecified atom stereocenters. The molecule has 3 aromatic carbocycles. The van der Waals surface area contributed by atoms with Crippen LogP contribution in [0.4, 0.5) is 0 Å². The fourth-order valence-electron chi connectivity index (χ4n) is 2.57. The van der Waals surface area contributed by atoms with E-state index in [-0.39, 0.29) is 6.79 Å². The molecule has 3 rings (SSSR count). The molecule has 0 atom stereocenters. The molecule has 2 nitrogen and oxygen atoms in total. The van der Waals surface area contributed by atoms with Crippen LogP contribution in [0.2, 0.25) is 0 Å². The molecule has 0 fully saturated rings. The maximum Gasteiger partial charge on any atom is 0.188 e. The van der Waals surface area contributed by atoms with Crippen LogP contribution < -0.4 is 4.74 Å². The molecule has 0 aromatic heterocycles. The third-order valence-electron chi connectivity index (χ3n) is 3.79. The second-order valence-corrected chi connectivity index (χ2v) is 6.38. The molecular formula is C22H19BrO2. The molecule has 0 radical (unpaired) electrons. The fraction of sp³-hybridized carbons (Fsp3) is 0.0909. The number of rotatable bonds is 6. The first kappa shape index (κ1) is 17.5. The van der Waals surface area contributed by atoms with Gasteiger partial charge in [0.25, 0.3) is 0 Å². The van der Waals surface area contributed by atoms with Gasteiger partial charge in [-0.3, -0.25) is 0 Å². The molecule has 0 amide bonds. The number of methoxy groups -OCH3 is 1. The average Bonchev–Trinajstić information content (AvgIpc) is 2.66. The van der Waals surface area contributed by atoms with Crippen LogP contribution in [-0.2, 0) is 4.74 Å². The maximum absolute atomic E-state index is 5.49. The van der Waals surface area contributed by atoms with Crippen LogP contribution >= 0.6 is 15.9 Å². The lowest BCUT2D eigenvalue weighted by Gasteiger charge is -2.08. The van der Waals surface area contributed by atoms with Crippen molar-refractivity contribution < 1.29 is 9.47 Å². The minimum absolute atomic E-state index is 0.234. The van der Waals surface area contributed by atoms with E-state index in [1.807, 2.05) is 24.3 Å². The zero-order chi connectivity index (χ0) is 17.5. The number of hydrogen-bond acceptors (Lipinski definition) is 2. The minimum Gasteiger partial charge on any atom is -0.466 e. The quantitative estimate of drug-likeness (QED) is 0.362. The van der Waals surface area contributed by atoms with E-state index in [4.69, 9.17) is 9.47 Å². The lowest BCUT2D eigenvalue weighted by atomic mass is 9.99. The molecule has 0 aliphatic heterocycles. The van der Waals surface area contributed by atoms with Crippen molar-refractivity contribution in [2.24, 2.45) is 0 Å². The molecule has 0 aliphatic rings. The van der Waals surface area contributed by atoms with E-state index in [1.165, 1.54) is 16.7 Å². The predicted molar refractivity (Wildman–Crippen MR) is 107 cm³/mol. The van der Waals surface area contributed by atoms with Gasteiger partial charge in [0.1, 0.15) is 5.75 Å². The Morgan fingerprint density at radius 1 is 0.880 bits per heavy atom. The first-order chi connectivity index (χ1) is 12.3. The van der Waals surface area contributed by atoms with Crippen molar-refractivity contribution in [3.8, 4) is 16.9 Å². The van der Waals surface area contributed by atoms with Gasteiger partial charge in [0.05, 0.1) is 4.47 Å². The second kappa shape index (κ2) is 8.65. The molecule has 25 heavy (non-hydrogen) atoms. The van der Waals surface area contributed by atoms with E-state index >= 15 is 0 Å². The molecule has 0 heterocycles. The highest BCUT2D eigenvalue weighted by atomic mass is 79.9. The predicted octanol–water partition coefficient (Wildman–Crippen LogP) is 6.27. The Labute approximate surface area is 156 Å². The molecular weight excluding hydrogens is 376 g/mol. The van der Waals surface area contributed by atoms with Gasteiger partial charge in [0, 0.05) is 7.11 Å². The summed E-state index contributed by atoms with van der Waals surface area (Å²) in [7, 11) is 1.61. The highest BCUT2D eigenvalue weighted by molar-refractivity contribution is 9.10. The summed E-state index contributed by atoms with van der Waals surface area (Å²) >= 11 is 3.54. The SMILES string of the molecule is COCOc1ccc(/C=C/c2ccccc2-c2ccccc2)cc1Br. The molecule has 0 bridgehead atoms. The number of halogens is 1. The third kappa shape index (κ3) is 4.59. The smallest absolute Gasteiger partial charge is 0.188 e. The molecule has 3 aromatic rings. The van der Waals surface area contributed by atoms with Gasteiger partial charge in [0.15, 0.2) is 6.79 Å². The lowest BCUT2D eigenvalue weighted by Crippen LogP contribution is -1.99. The Balaban J connectivity index is 1.85. The van der Waals surface area contributed by atoms with Crippen molar-refractivity contribution in [3.05, 3.63) is 88.4 Å². The Morgan fingerprint density at radius 3 is 2.40 bits per heavy atom. The Hall–Kier alpha value is -2.36. The summed E-state index contributed by atoms with van der Waals surface area (Å²) < 4.78 is 11.3. The average molecular weight is 395 g/mol. The summed E-state index contributed by atoms with van der Waals surface area (Å²) in [5.74, 6) is 0.767. The van der Waals surface area contributed by atoms with Crippen molar-refractivity contribution in [2.75, 3.05) is 13.9 Å². The molecule has 126 valence electrons. The van der Waals surface area contributed by atoms with Crippen molar-refractivity contribution in [1.29, 1.82) is 0 Å². The summed E-state index contributed by atoms with van der Waals surface area (Å²) in [4.78, 5) is 0. The Bertz CT molecular complexity index is 857. The second-order valence-electron chi connectivity index (χ2n) is 5.53. The topological polar surface area (TPSA) is 18.5 Å². The molecule has 0 saturated heterocycles. The van der Waals surface area contributed by atoms with Crippen LogP contribution in [0.1, 0.15) is 11.1 Å². The first-order valence-electron chi connectivity index (χ1n) is 8.02. The summed E-state index contributed by atoms with van der Waals surface area (Å²) in [5.41, 5.74) is 4.72. The highest BCUT2D eigenvalue weighted by Gasteiger charge is 2.03. The van der Waals surface area contributed by atoms with Crippen LogP contribution in [-0.4, -0.2) is 13.9 Å². The van der Waals surface area contributed by atoms with Crippen molar-refractivity contribution >= 4 is 28.1 Å². The zero-order valence-corrected chi connectivity index (χ0v) is 15.6. The molecule has 0 aliphatic carbocycles. The van der Waals surface area contributed by atoms with E-state index in [0.29, 0.717) is 0 Å². The molecule has 0 saturated carbocycles. The standard InChI is InChI=1S/C22H19BrO2/c1-24-16-25-22-14-12-17(15-21(22)23)11-13-19-9-5-6-10-20(19)18-7-3-2-4-8-18/h2-15H,16H2,1H3/b13-11+. The van der Waals surface area contributed by atoms with Crippen LogP contribution in [0, 0.1) is 0 Å². The summed E-state index contributed by atoms with van der Waals surface area (Å²) in [5, 5.41) is 0. The van der Waals surface area contributed by atoms with E-state index in [1.54, 1.807) is 7.11 Å². The third-order valence-corrected chi connectivity index (χ3v) is 4.41. The molecule has 0 spiro atoms. The largest absolute Gasteiger partial charge is 0.466 e. The minimum atomic E-state index is 0.234. The summed E-state index contributed by atoms with van der Waals surface area (Å²) in [6.45, 7) is 0.234. The Morgan fingerprint density at radius 2 is 1.64 bits per heavy atom. The van der Waals surface area contributed by atoms with Crippen LogP contribution in [0.25, 0.3) is 23.3 Å². The van der Waals surface area contributed by atoms with Crippen molar-refractivity contribution in [1.82, 2.24) is 0 Å². The monoisotopic (exact) mass is 394 g/mol. The van der Waals surface area contributed by atoms with Crippen molar-refractivity contribution in [2.45, 2.75) is 0 Å². The number of benzene rings is 3. The van der Waals surface area contributed by atoms with E-state index in [9.17, 15) is 0 Å². The summed E-state index contributed by atoms with van der Waals surface area (Å²) in [6, 6.07) is 24.8. The first-order valence-corrected chi connectivity index (χ1v) is 8.81. The zero-order valence-electron chi connectivity index (χ0n) is 14.0. The Kier molecular flexibility index (Phi) is 6.04. The highest BCUT2D eigenvalue weighted by Crippen LogP contribution is 2.28. The van der Waals surface area contributed by atoms with E-state index in [0.717, 1.165) is 15.8 Å². The van der Waals surface area contributed by atoms with E-state index in [2.05, 4.69) is 76.6 Å². The van der Waals surface area contributed by atoms with Gasteiger partial charge in [0.2, 0.25) is 0 Å². The summed E-state index contributed by atoms with van der Waals surface area (Å²) in [6.07, 6.45) is 4.24. The van der Waals surface area contributed by atoms with Crippen LogP contribution in [0.15, 0.2) is 77.3 Å². The number of ether oxygens (including phenoxy) is 2.